The van der Waals surface area contributed by atoms with E-state index >= 15 is 0 Å². The molecule has 0 spiro atoms. The smallest absolute Gasteiger partial charge is 0.254 e. The summed E-state index contributed by atoms with van der Waals surface area (Å²) in [7, 11) is 0. The van der Waals surface area contributed by atoms with Crippen LogP contribution in [0.25, 0.3) is 0 Å². The molecule has 3 N–H and O–H groups in total. The van der Waals surface area contributed by atoms with Crippen molar-refractivity contribution < 1.29 is 9.13 Å². The predicted octanol–water partition coefficient (Wildman–Crippen LogP) is 1.85. The van der Waals surface area contributed by atoms with Crippen LogP contribution in [0.3, 0.4) is 0 Å². The van der Waals surface area contributed by atoms with Crippen LogP contribution in [0.5, 0.6) is 11.6 Å². The van der Waals surface area contributed by atoms with Gasteiger partial charge in [-0.25, -0.2) is 4.39 Å². The van der Waals surface area contributed by atoms with Crippen molar-refractivity contribution in [1.82, 2.24) is 9.97 Å². The summed E-state index contributed by atoms with van der Waals surface area (Å²) >= 11 is 0. The van der Waals surface area contributed by atoms with E-state index < -0.39 is 5.82 Å². The first kappa shape index (κ1) is 12.1. The molecule has 0 saturated carbocycles. The first-order chi connectivity index (χ1) is 8.58. The fourth-order valence-corrected chi connectivity index (χ4v) is 1.42. The third kappa shape index (κ3) is 2.65. The van der Waals surface area contributed by atoms with Crippen molar-refractivity contribution in [3.63, 3.8) is 0 Å². The summed E-state index contributed by atoms with van der Waals surface area (Å²) in [6.45, 7) is 1.84. The molecule has 2 aromatic rings. The minimum atomic E-state index is -0.602. The van der Waals surface area contributed by atoms with Gasteiger partial charge in [0.25, 0.3) is 5.56 Å². The molecule has 1 heterocycles. The average molecular weight is 249 g/mol. The van der Waals surface area contributed by atoms with Gasteiger partial charge in [-0.3, -0.25) is 4.79 Å². The Kier molecular flexibility index (Phi) is 3.27. The van der Waals surface area contributed by atoms with Crippen LogP contribution in [-0.4, -0.2) is 9.97 Å². The Morgan fingerprint density at radius 2 is 2.22 bits per heavy atom. The topological polar surface area (TPSA) is 81.0 Å². The first-order valence-electron chi connectivity index (χ1n) is 5.41. The summed E-state index contributed by atoms with van der Waals surface area (Å²) in [6, 6.07) is 5.20. The van der Waals surface area contributed by atoms with Gasteiger partial charge in [-0.05, 0) is 12.1 Å². The number of hydrogen-bond donors (Lipinski definition) is 2. The molecular weight excluding hydrogens is 237 g/mol. The minimum absolute atomic E-state index is 0.0237. The Labute approximate surface area is 102 Å². The molecule has 0 aliphatic rings. The van der Waals surface area contributed by atoms with Crippen LogP contribution in [0.2, 0.25) is 0 Å². The minimum Gasteiger partial charge on any atom is -0.436 e. The van der Waals surface area contributed by atoms with Gasteiger partial charge in [-0.15, -0.1) is 0 Å². The SMILES string of the molecule is CCc1nc(Oc2ccc(N)cc2F)cc(=O)[nH]1. The van der Waals surface area contributed by atoms with E-state index in [2.05, 4.69) is 9.97 Å². The van der Waals surface area contributed by atoms with Crippen molar-refractivity contribution >= 4 is 5.69 Å². The van der Waals surface area contributed by atoms with E-state index in [4.69, 9.17) is 10.5 Å². The van der Waals surface area contributed by atoms with Crippen LogP contribution < -0.4 is 16.0 Å². The van der Waals surface area contributed by atoms with Gasteiger partial charge < -0.3 is 15.5 Å². The quantitative estimate of drug-likeness (QED) is 0.813. The van der Waals surface area contributed by atoms with E-state index in [-0.39, 0.29) is 17.2 Å². The molecule has 5 nitrogen and oxygen atoms in total. The van der Waals surface area contributed by atoms with E-state index in [1.54, 1.807) is 0 Å². The van der Waals surface area contributed by atoms with Crippen molar-refractivity contribution in [1.29, 1.82) is 0 Å². The summed E-state index contributed by atoms with van der Waals surface area (Å²) in [5.74, 6) is -0.0906. The number of ether oxygens (including phenoxy) is 1. The van der Waals surface area contributed by atoms with Gasteiger partial charge in [0.2, 0.25) is 5.88 Å². The molecule has 0 aliphatic carbocycles. The number of H-pyrrole nitrogens is 1. The molecule has 0 atom stereocenters. The number of nitrogens with one attached hydrogen (secondary N) is 1. The Balaban J connectivity index is 2.33. The van der Waals surface area contributed by atoms with Gasteiger partial charge in [0.15, 0.2) is 11.6 Å². The lowest BCUT2D eigenvalue weighted by atomic mass is 10.3. The molecule has 1 aromatic heterocycles. The molecule has 0 saturated heterocycles. The predicted molar refractivity (Wildman–Crippen MR) is 65.1 cm³/mol. The lowest BCUT2D eigenvalue weighted by Crippen LogP contribution is -2.10. The molecule has 18 heavy (non-hydrogen) atoms. The zero-order valence-electron chi connectivity index (χ0n) is 9.74. The van der Waals surface area contributed by atoms with Gasteiger partial charge in [0.05, 0.1) is 6.07 Å². The standard InChI is InChI=1S/C12H12FN3O2/c1-2-10-15-11(17)6-12(16-10)18-9-4-3-7(14)5-8(9)13/h3-6H,2,14H2,1H3,(H,15,16,17). The number of nitrogens with two attached hydrogens (primary N) is 1. The number of anilines is 1. The van der Waals surface area contributed by atoms with E-state index in [0.717, 1.165) is 12.1 Å². The monoisotopic (exact) mass is 249 g/mol. The average Bonchev–Trinajstić information content (AvgIpc) is 2.32. The molecule has 0 aliphatic heterocycles. The maximum atomic E-state index is 13.5. The van der Waals surface area contributed by atoms with E-state index in [9.17, 15) is 9.18 Å². The number of aryl methyl sites for hydroxylation is 1. The lowest BCUT2D eigenvalue weighted by Gasteiger charge is -2.06. The third-order valence-electron chi connectivity index (χ3n) is 2.27. The van der Waals surface area contributed by atoms with Crippen molar-refractivity contribution in [2.75, 3.05) is 5.73 Å². The van der Waals surface area contributed by atoms with Gasteiger partial charge in [0.1, 0.15) is 5.82 Å². The Hall–Kier alpha value is -2.37. The Morgan fingerprint density at radius 1 is 1.44 bits per heavy atom. The number of nitrogen functional groups attached to an aromatic ring is 1. The second kappa shape index (κ2) is 4.87. The molecule has 0 amide bonds. The molecule has 1 aromatic carbocycles. The van der Waals surface area contributed by atoms with Gasteiger partial charge in [-0.2, -0.15) is 4.98 Å². The first-order valence-corrected chi connectivity index (χ1v) is 5.41. The Morgan fingerprint density at radius 3 is 2.89 bits per heavy atom. The lowest BCUT2D eigenvalue weighted by molar-refractivity contribution is 0.424. The Bertz CT molecular complexity index is 625. The maximum absolute atomic E-state index is 13.5. The molecule has 0 radical (unpaired) electrons. The maximum Gasteiger partial charge on any atom is 0.254 e. The van der Waals surface area contributed by atoms with E-state index in [0.29, 0.717) is 17.9 Å². The zero-order valence-corrected chi connectivity index (χ0v) is 9.74. The summed E-state index contributed by atoms with van der Waals surface area (Å²) in [6.07, 6.45) is 0.552. The third-order valence-corrected chi connectivity index (χ3v) is 2.27. The van der Waals surface area contributed by atoms with Crippen LogP contribution >= 0.6 is 0 Å². The van der Waals surface area contributed by atoms with Crippen molar-refractivity contribution in [3.05, 3.63) is 46.3 Å². The molecule has 0 unspecified atom stereocenters. The zero-order chi connectivity index (χ0) is 13.1. The highest BCUT2D eigenvalue weighted by Gasteiger charge is 2.07. The van der Waals surface area contributed by atoms with Gasteiger partial charge >= 0.3 is 0 Å². The second-order valence-electron chi connectivity index (χ2n) is 3.68. The number of hydrogen-bond acceptors (Lipinski definition) is 4. The number of benzene rings is 1. The fraction of sp³-hybridized carbons (Fsp3) is 0.167. The van der Waals surface area contributed by atoms with Crippen LogP contribution in [0.15, 0.2) is 29.1 Å². The van der Waals surface area contributed by atoms with Crippen molar-refractivity contribution in [2.45, 2.75) is 13.3 Å². The number of nitrogens with zero attached hydrogens (tertiary/aromatic N) is 1. The highest BCUT2D eigenvalue weighted by atomic mass is 19.1. The highest BCUT2D eigenvalue weighted by molar-refractivity contribution is 5.43. The van der Waals surface area contributed by atoms with Crippen LogP contribution in [0, 0.1) is 5.82 Å². The highest BCUT2D eigenvalue weighted by Crippen LogP contribution is 2.23. The fourth-order valence-electron chi connectivity index (χ4n) is 1.42. The van der Waals surface area contributed by atoms with Gasteiger partial charge in [-0.1, -0.05) is 6.92 Å². The summed E-state index contributed by atoms with van der Waals surface area (Å²) < 4.78 is 18.7. The van der Waals surface area contributed by atoms with Crippen LogP contribution in [0.1, 0.15) is 12.7 Å². The van der Waals surface area contributed by atoms with E-state index in [1.807, 2.05) is 6.92 Å². The molecule has 2 rings (SSSR count). The normalized spacial score (nSPS) is 10.3. The summed E-state index contributed by atoms with van der Waals surface area (Å²) in [4.78, 5) is 17.9. The van der Waals surface area contributed by atoms with Crippen LogP contribution in [-0.2, 0) is 6.42 Å². The van der Waals surface area contributed by atoms with Crippen molar-refractivity contribution in [2.24, 2.45) is 0 Å². The van der Waals surface area contributed by atoms with E-state index in [1.165, 1.54) is 12.1 Å². The number of aromatic nitrogens is 2. The van der Waals surface area contributed by atoms with Crippen LogP contribution in [0.4, 0.5) is 10.1 Å². The summed E-state index contributed by atoms with van der Waals surface area (Å²) in [5, 5.41) is 0. The van der Waals surface area contributed by atoms with Crippen molar-refractivity contribution in [3.8, 4) is 11.6 Å². The van der Waals surface area contributed by atoms with Gasteiger partial charge in [0, 0.05) is 18.2 Å². The molecule has 94 valence electrons. The number of halogens is 1. The molecule has 0 fully saturated rings. The molecule has 6 heteroatoms. The second-order valence-corrected chi connectivity index (χ2v) is 3.68. The molecular formula is C12H12FN3O2. The largest absolute Gasteiger partial charge is 0.436 e. The summed E-state index contributed by atoms with van der Waals surface area (Å²) in [5.41, 5.74) is 5.38. The molecule has 0 bridgehead atoms. The number of aromatic amines is 1. The number of rotatable bonds is 3.